The number of carbonyl (C=O) groups excluding carboxylic acids is 2. The van der Waals surface area contributed by atoms with Gasteiger partial charge in [0.25, 0.3) is 5.91 Å². The maximum atomic E-state index is 13.5. The molecule has 0 aromatic heterocycles. The van der Waals surface area contributed by atoms with Gasteiger partial charge in [0, 0.05) is 30.2 Å². The third-order valence-electron chi connectivity index (χ3n) is 7.01. The predicted octanol–water partition coefficient (Wildman–Crippen LogP) is 5.33. The lowest BCUT2D eigenvalue weighted by atomic mass is 9.86. The van der Waals surface area contributed by atoms with Crippen molar-refractivity contribution in [1.29, 1.82) is 0 Å². The van der Waals surface area contributed by atoms with E-state index >= 15 is 0 Å². The van der Waals surface area contributed by atoms with Crippen LogP contribution in [0.5, 0.6) is 5.75 Å². The number of morpholine rings is 1. The third kappa shape index (κ3) is 6.60. The first-order chi connectivity index (χ1) is 17.2. The van der Waals surface area contributed by atoms with Gasteiger partial charge in [-0.05, 0) is 60.6 Å². The lowest BCUT2D eigenvalue weighted by Gasteiger charge is -2.43. The van der Waals surface area contributed by atoms with Crippen molar-refractivity contribution in [1.82, 2.24) is 9.80 Å². The van der Waals surface area contributed by atoms with Crippen LogP contribution in [0.2, 0.25) is 5.02 Å². The Kier molecular flexibility index (Phi) is 8.26. The Hall–Kier alpha value is -2.57. The van der Waals surface area contributed by atoms with Gasteiger partial charge in [0.1, 0.15) is 18.0 Å². The van der Waals surface area contributed by atoms with Gasteiger partial charge in [-0.25, -0.2) is 0 Å². The van der Waals surface area contributed by atoms with Crippen LogP contribution >= 0.6 is 11.6 Å². The van der Waals surface area contributed by atoms with Crippen molar-refractivity contribution < 1.29 is 19.1 Å². The molecule has 194 valence electrons. The van der Waals surface area contributed by atoms with Gasteiger partial charge in [0.2, 0.25) is 5.91 Å². The molecule has 7 heteroatoms. The first kappa shape index (κ1) is 26.5. The minimum Gasteiger partial charge on any atom is -0.490 e. The molecule has 6 nitrogen and oxygen atoms in total. The zero-order valence-corrected chi connectivity index (χ0v) is 22.4. The number of likely N-dealkylation sites (tertiary alicyclic amines) is 1. The Morgan fingerprint density at radius 3 is 2.39 bits per heavy atom. The number of nitrogens with zero attached hydrogens (tertiary/aromatic N) is 2. The van der Waals surface area contributed by atoms with E-state index in [9.17, 15) is 9.59 Å². The number of benzene rings is 2. The highest BCUT2D eigenvalue weighted by Crippen LogP contribution is 2.28. The summed E-state index contributed by atoms with van der Waals surface area (Å²) in [7, 11) is 0. The van der Waals surface area contributed by atoms with Gasteiger partial charge >= 0.3 is 0 Å². The first-order valence-electron chi connectivity index (χ1n) is 12.9. The Balaban J connectivity index is 1.53. The molecule has 2 amide bonds. The maximum Gasteiger partial charge on any atom is 0.254 e. The fourth-order valence-electron chi connectivity index (χ4n) is 4.86. The molecule has 2 fully saturated rings. The number of halogens is 1. The molecule has 2 aliphatic heterocycles. The largest absolute Gasteiger partial charge is 0.490 e. The molecule has 0 saturated carbocycles. The number of hydrogen-bond acceptors (Lipinski definition) is 4. The Bertz CT molecular complexity index is 1060. The fraction of sp³-hybridized carbons (Fsp3) is 0.517. The second-order valence-electron chi connectivity index (χ2n) is 10.9. The van der Waals surface area contributed by atoms with Gasteiger partial charge in [-0.2, -0.15) is 0 Å². The van der Waals surface area contributed by atoms with Crippen molar-refractivity contribution in [2.45, 2.75) is 57.5 Å². The molecule has 0 bridgehead atoms. The summed E-state index contributed by atoms with van der Waals surface area (Å²) in [4.78, 5) is 30.5. The van der Waals surface area contributed by atoms with Gasteiger partial charge in [0.05, 0.1) is 19.6 Å². The second kappa shape index (κ2) is 11.2. The summed E-state index contributed by atoms with van der Waals surface area (Å²) in [6.07, 6.45) is 3.36. The molecule has 0 aliphatic carbocycles. The number of amides is 2. The first-order valence-corrected chi connectivity index (χ1v) is 13.2. The van der Waals surface area contributed by atoms with Crippen molar-refractivity contribution in [2.24, 2.45) is 0 Å². The summed E-state index contributed by atoms with van der Waals surface area (Å²) in [5.74, 6) is 0.599. The van der Waals surface area contributed by atoms with Crippen molar-refractivity contribution >= 4 is 23.4 Å². The van der Waals surface area contributed by atoms with E-state index in [4.69, 9.17) is 21.1 Å². The molecule has 36 heavy (non-hydrogen) atoms. The minimum absolute atomic E-state index is 0.0161. The van der Waals surface area contributed by atoms with Gasteiger partial charge in [-0.3, -0.25) is 9.59 Å². The number of rotatable bonds is 6. The number of piperidine rings is 1. The number of carbonyl (C=O) groups is 2. The van der Waals surface area contributed by atoms with Crippen LogP contribution < -0.4 is 4.74 Å². The molecular formula is C29H37ClN2O4. The van der Waals surface area contributed by atoms with Crippen LogP contribution in [0.3, 0.4) is 0 Å². The molecule has 2 saturated heterocycles. The van der Waals surface area contributed by atoms with Crippen molar-refractivity contribution in [3.8, 4) is 5.75 Å². The third-order valence-corrected chi connectivity index (χ3v) is 7.25. The SMILES string of the molecule is CC(C)(C)c1ccc(C(=O)N2CCO[C@](COc3cccc(Cl)c3)(CC(=O)N3CCCCC3)C2)cc1. The average molecular weight is 513 g/mol. The van der Waals surface area contributed by atoms with Crippen LogP contribution in [0, 0.1) is 0 Å². The molecule has 2 aromatic rings. The van der Waals surface area contributed by atoms with E-state index in [-0.39, 0.29) is 36.8 Å². The van der Waals surface area contributed by atoms with Crippen LogP contribution in [0.1, 0.15) is 62.4 Å². The highest BCUT2D eigenvalue weighted by atomic mass is 35.5. The highest BCUT2D eigenvalue weighted by molar-refractivity contribution is 6.30. The van der Waals surface area contributed by atoms with Crippen molar-refractivity contribution in [3.05, 3.63) is 64.7 Å². The highest BCUT2D eigenvalue weighted by Gasteiger charge is 2.42. The molecule has 2 aliphatic rings. The topological polar surface area (TPSA) is 59.1 Å². The van der Waals surface area contributed by atoms with Crippen molar-refractivity contribution in [3.63, 3.8) is 0 Å². The van der Waals surface area contributed by atoms with E-state index in [1.807, 2.05) is 41.3 Å². The quantitative estimate of drug-likeness (QED) is 0.525. The van der Waals surface area contributed by atoms with Crippen LogP contribution in [-0.4, -0.2) is 66.6 Å². The normalized spacial score (nSPS) is 20.8. The van der Waals surface area contributed by atoms with E-state index in [1.165, 1.54) is 5.56 Å². The van der Waals surface area contributed by atoms with E-state index in [0.29, 0.717) is 29.5 Å². The van der Waals surface area contributed by atoms with E-state index in [2.05, 4.69) is 20.8 Å². The zero-order valence-electron chi connectivity index (χ0n) is 21.6. The van der Waals surface area contributed by atoms with Gasteiger partial charge in [0.15, 0.2) is 0 Å². The lowest BCUT2D eigenvalue weighted by Crippen LogP contribution is -2.58. The molecular weight excluding hydrogens is 476 g/mol. The summed E-state index contributed by atoms with van der Waals surface area (Å²) in [5, 5.41) is 0.575. The summed E-state index contributed by atoms with van der Waals surface area (Å²) in [6, 6.07) is 15.0. The zero-order chi connectivity index (χ0) is 25.8. The average Bonchev–Trinajstić information content (AvgIpc) is 2.87. The van der Waals surface area contributed by atoms with Gasteiger partial charge < -0.3 is 19.3 Å². The summed E-state index contributed by atoms with van der Waals surface area (Å²) >= 11 is 6.13. The predicted molar refractivity (Wildman–Crippen MR) is 142 cm³/mol. The van der Waals surface area contributed by atoms with Crippen molar-refractivity contribution in [2.75, 3.05) is 39.4 Å². The Labute approximate surface area is 219 Å². The van der Waals surface area contributed by atoms with Crippen LogP contribution in [0.4, 0.5) is 0 Å². The lowest BCUT2D eigenvalue weighted by molar-refractivity contribution is -0.153. The maximum absolute atomic E-state index is 13.5. The van der Waals surface area contributed by atoms with Gasteiger partial charge in [-0.15, -0.1) is 0 Å². The molecule has 0 N–H and O–H groups in total. The fourth-order valence-corrected chi connectivity index (χ4v) is 5.04. The Morgan fingerprint density at radius 1 is 1.00 bits per heavy atom. The molecule has 0 radical (unpaired) electrons. The van der Waals surface area contributed by atoms with Crippen LogP contribution in [0.15, 0.2) is 48.5 Å². The number of hydrogen-bond donors (Lipinski definition) is 0. The molecule has 0 unspecified atom stereocenters. The molecule has 0 spiro atoms. The standard InChI is InChI=1S/C29H37ClN2O4/c1-28(2,3)23-12-10-22(11-13-23)27(34)32-16-17-36-29(20-32,19-26(33)31-14-5-4-6-15-31)21-35-25-9-7-8-24(30)18-25/h7-13,18H,4-6,14-17,19-21H2,1-3H3/t29-/m1/s1. The van der Waals surface area contributed by atoms with Crippen LogP contribution in [0.25, 0.3) is 0 Å². The van der Waals surface area contributed by atoms with Crippen LogP contribution in [-0.2, 0) is 14.9 Å². The molecule has 4 rings (SSSR count). The molecule has 1 atom stereocenters. The Morgan fingerprint density at radius 2 is 1.72 bits per heavy atom. The van der Waals surface area contributed by atoms with E-state index in [1.54, 1.807) is 17.0 Å². The smallest absolute Gasteiger partial charge is 0.254 e. The second-order valence-corrected chi connectivity index (χ2v) is 11.4. The molecule has 2 heterocycles. The number of ether oxygens (including phenoxy) is 2. The minimum atomic E-state index is -0.934. The van der Waals surface area contributed by atoms with Gasteiger partial charge in [-0.1, -0.05) is 50.6 Å². The summed E-state index contributed by atoms with van der Waals surface area (Å²) in [5.41, 5.74) is 0.896. The monoisotopic (exact) mass is 512 g/mol. The summed E-state index contributed by atoms with van der Waals surface area (Å²) < 4.78 is 12.3. The molecule has 2 aromatic carbocycles. The van der Waals surface area contributed by atoms with E-state index in [0.717, 1.165) is 32.4 Å². The summed E-state index contributed by atoms with van der Waals surface area (Å²) in [6.45, 7) is 9.25. The van der Waals surface area contributed by atoms with E-state index < -0.39 is 5.60 Å².